The second-order valence-electron chi connectivity index (χ2n) is 5.94. The lowest BCUT2D eigenvalue weighted by molar-refractivity contribution is 0.395. The van der Waals surface area contributed by atoms with Crippen molar-refractivity contribution in [3.8, 4) is 0 Å². The summed E-state index contributed by atoms with van der Waals surface area (Å²) in [5.41, 5.74) is 0.922. The van der Waals surface area contributed by atoms with Crippen LogP contribution in [-0.4, -0.2) is 59.5 Å². The molecular formula is C15H24N6. The van der Waals surface area contributed by atoms with Gasteiger partial charge < -0.3 is 19.5 Å². The van der Waals surface area contributed by atoms with Crippen molar-refractivity contribution in [2.24, 2.45) is 5.92 Å². The van der Waals surface area contributed by atoms with Crippen LogP contribution in [0.3, 0.4) is 0 Å². The number of fused-ring (bicyclic) bond motifs is 1. The summed E-state index contributed by atoms with van der Waals surface area (Å²) in [7, 11) is 4.31. The summed E-state index contributed by atoms with van der Waals surface area (Å²) in [5.74, 6) is 2.56. The van der Waals surface area contributed by atoms with Crippen LogP contribution in [0.25, 0.3) is 5.65 Å². The Morgan fingerprint density at radius 2 is 2.33 bits per heavy atom. The van der Waals surface area contributed by atoms with E-state index in [9.17, 15) is 0 Å². The van der Waals surface area contributed by atoms with Crippen molar-refractivity contribution in [3.63, 3.8) is 0 Å². The molecule has 2 aromatic rings. The van der Waals surface area contributed by atoms with Crippen LogP contribution in [0.2, 0.25) is 0 Å². The molecule has 0 amide bonds. The van der Waals surface area contributed by atoms with Crippen molar-refractivity contribution >= 4 is 17.3 Å². The summed E-state index contributed by atoms with van der Waals surface area (Å²) >= 11 is 0. The van der Waals surface area contributed by atoms with Crippen molar-refractivity contribution in [1.82, 2.24) is 19.3 Å². The van der Waals surface area contributed by atoms with Crippen LogP contribution in [0.4, 0.5) is 11.6 Å². The van der Waals surface area contributed by atoms with Crippen LogP contribution in [0.1, 0.15) is 13.3 Å². The van der Waals surface area contributed by atoms with E-state index in [1.807, 2.05) is 23.0 Å². The first-order valence-electron chi connectivity index (χ1n) is 7.64. The molecule has 1 N–H and O–H groups in total. The fourth-order valence-electron chi connectivity index (χ4n) is 3.09. The minimum absolute atomic E-state index is 0.708. The van der Waals surface area contributed by atoms with Crippen LogP contribution in [0.15, 0.2) is 18.6 Å². The Balaban J connectivity index is 1.85. The van der Waals surface area contributed by atoms with Crippen molar-refractivity contribution in [2.75, 3.05) is 50.5 Å². The Morgan fingerprint density at radius 3 is 3.05 bits per heavy atom. The number of nitrogens with one attached hydrogen (secondary N) is 1. The van der Waals surface area contributed by atoms with Gasteiger partial charge in [0.25, 0.3) is 0 Å². The van der Waals surface area contributed by atoms with Crippen LogP contribution in [0, 0.1) is 5.92 Å². The fraction of sp³-hybridized carbons (Fsp3) is 0.600. The van der Waals surface area contributed by atoms with Gasteiger partial charge in [-0.05, 0) is 32.9 Å². The van der Waals surface area contributed by atoms with Crippen LogP contribution >= 0.6 is 0 Å². The lowest BCUT2D eigenvalue weighted by atomic mass is 10.1. The summed E-state index contributed by atoms with van der Waals surface area (Å²) < 4.78 is 2.04. The van der Waals surface area contributed by atoms with Gasteiger partial charge in [-0.3, -0.25) is 0 Å². The highest BCUT2D eigenvalue weighted by atomic mass is 15.2. The molecule has 6 heteroatoms. The number of nitrogens with zero attached hydrogens (tertiary/aromatic N) is 5. The van der Waals surface area contributed by atoms with Gasteiger partial charge in [-0.25, -0.2) is 9.97 Å². The highest BCUT2D eigenvalue weighted by molar-refractivity contribution is 5.66. The van der Waals surface area contributed by atoms with E-state index in [-0.39, 0.29) is 0 Å². The molecule has 6 nitrogen and oxygen atoms in total. The van der Waals surface area contributed by atoms with Crippen LogP contribution < -0.4 is 10.2 Å². The highest BCUT2D eigenvalue weighted by Crippen LogP contribution is 2.23. The molecule has 1 fully saturated rings. The third kappa shape index (κ3) is 2.95. The third-order valence-corrected chi connectivity index (χ3v) is 4.10. The number of imidazole rings is 1. The first kappa shape index (κ1) is 14.1. The van der Waals surface area contributed by atoms with Gasteiger partial charge in [0.15, 0.2) is 11.5 Å². The van der Waals surface area contributed by atoms with E-state index < -0.39 is 0 Å². The van der Waals surface area contributed by atoms with E-state index in [2.05, 4.69) is 41.1 Å². The van der Waals surface area contributed by atoms with E-state index in [1.165, 1.54) is 19.5 Å². The fourth-order valence-corrected chi connectivity index (χ4v) is 3.09. The minimum atomic E-state index is 0.708. The van der Waals surface area contributed by atoms with Gasteiger partial charge in [0.05, 0.1) is 6.20 Å². The van der Waals surface area contributed by atoms with Gasteiger partial charge in [-0.1, -0.05) is 0 Å². The highest BCUT2D eigenvalue weighted by Gasteiger charge is 2.22. The smallest absolute Gasteiger partial charge is 0.180 e. The molecule has 1 aliphatic heterocycles. The molecule has 0 saturated carbocycles. The zero-order valence-electron chi connectivity index (χ0n) is 13.1. The number of hydrogen-bond donors (Lipinski definition) is 1. The summed E-state index contributed by atoms with van der Waals surface area (Å²) in [6.45, 7) is 6.33. The maximum Gasteiger partial charge on any atom is 0.180 e. The molecule has 21 heavy (non-hydrogen) atoms. The molecule has 3 heterocycles. The van der Waals surface area contributed by atoms with Gasteiger partial charge in [-0.2, -0.15) is 0 Å². The Labute approximate surface area is 125 Å². The molecule has 0 spiro atoms. The standard InChI is InChI=1S/C15H24N6/c1-4-16-13-11-21-8-6-17-14(21)15(18-13)20(3)10-12-5-7-19(2)9-12/h6,8,11-12,16H,4-5,7,9-10H2,1-3H3. The number of rotatable bonds is 5. The van der Waals surface area contributed by atoms with E-state index >= 15 is 0 Å². The monoisotopic (exact) mass is 288 g/mol. The molecular weight excluding hydrogens is 264 g/mol. The Kier molecular flexibility index (Phi) is 3.96. The summed E-state index contributed by atoms with van der Waals surface area (Å²) in [5, 5.41) is 3.29. The predicted molar refractivity (Wildman–Crippen MR) is 86.0 cm³/mol. The topological polar surface area (TPSA) is 48.7 Å². The number of aromatic nitrogens is 3. The van der Waals surface area contributed by atoms with Crippen molar-refractivity contribution in [3.05, 3.63) is 18.6 Å². The lowest BCUT2D eigenvalue weighted by Crippen LogP contribution is -2.28. The van der Waals surface area contributed by atoms with E-state index in [4.69, 9.17) is 4.98 Å². The Morgan fingerprint density at radius 1 is 1.48 bits per heavy atom. The first-order valence-corrected chi connectivity index (χ1v) is 7.64. The number of anilines is 2. The molecule has 1 saturated heterocycles. The molecule has 0 aromatic carbocycles. The quantitative estimate of drug-likeness (QED) is 0.904. The normalized spacial score (nSPS) is 19.3. The molecule has 0 aliphatic carbocycles. The average molecular weight is 288 g/mol. The second kappa shape index (κ2) is 5.89. The average Bonchev–Trinajstić information content (AvgIpc) is 3.07. The predicted octanol–water partition coefficient (Wildman–Crippen LogP) is 1.55. The molecule has 3 rings (SSSR count). The van der Waals surface area contributed by atoms with Gasteiger partial charge in [0.1, 0.15) is 5.82 Å². The van der Waals surface area contributed by atoms with Gasteiger partial charge in [0, 0.05) is 39.1 Å². The van der Waals surface area contributed by atoms with Gasteiger partial charge >= 0.3 is 0 Å². The van der Waals surface area contributed by atoms with Crippen molar-refractivity contribution < 1.29 is 0 Å². The minimum Gasteiger partial charge on any atom is -0.369 e. The van der Waals surface area contributed by atoms with Crippen molar-refractivity contribution in [1.29, 1.82) is 0 Å². The van der Waals surface area contributed by atoms with Crippen LogP contribution in [-0.2, 0) is 0 Å². The molecule has 0 radical (unpaired) electrons. The Hall–Kier alpha value is -1.82. The maximum atomic E-state index is 4.74. The van der Waals surface area contributed by atoms with Crippen molar-refractivity contribution in [2.45, 2.75) is 13.3 Å². The molecule has 1 unspecified atom stereocenters. The molecule has 1 atom stereocenters. The lowest BCUT2D eigenvalue weighted by Gasteiger charge is -2.23. The SMILES string of the molecule is CCNc1cn2ccnc2c(N(C)CC2CCN(C)C2)n1. The third-order valence-electron chi connectivity index (χ3n) is 4.10. The maximum absolute atomic E-state index is 4.74. The molecule has 114 valence electrons. The van der Waals surface area contributed by atoms with Gasteiger partial charge in [-0.15, -0.1) is 0 Å². The molecule has 1 aliphatic rings. The molecule has 2 aromatic heterocycles. The van der Waals surface area contributed by atoms with E-state index in [0.717, 1.165) is 30.4 Å². The van der Waals surface area contributed by atoms with E-state index in [1.54, 1.807) is 0 Å². The summed E-state index contributed by atoms with van der Waals surface area (Å²) in [6, 6.07) is 0. The van der Waals surface area contributed by atoms with Gasteiger partial charge in [0.2, 0.25) is 0 Å². The first-order chi connectivity index (χ1) is 10.2. The summed E-state index contributed by atoms with van der Waals surface area (Å²) in [6.07, 6.45) is 7.05. The molecule has 0 bridgehead atoms. The largest absolute Gasteiger partial charge is 0.369 e. The summed E-state index contributed by atoms with van der Waals surface area (Å²) in [4.78, 5) is 13.8. The number of likely N-dealkylation sites (tertiary alicyclic amines) is 1. The van der Waals surface area contributed by atoms with Crippen LogP contribution in [0.5, 0.6) is 0 Å². The number of hydrogen-bond acceptors (Lipinski definition) is 5. The zero-order chi connectivity index (χ0) is 14.8. The Bertz CT molecular complexity index is 607. The second-order valence-corrected chi connectivity index (χ2v) is 5.94. The zero-order valence-corrected chi connectivity index (χ0v) is 13.1. The van der Waals surface area contributed by atoms with E-state index in [0.29, 0.717) is 5.92 Å².